The molecule has 0 aliphatic carbocycles. The van der Waals surface area contributed by atoms with Gasteiger partial charge in [-0.25, -0.2) is 4.98 Å². The first kappa shape index (κ1) is 22.0. The van der Waals surface area contributed by atoms with Gasteiger partial charge in [0.05, 0.1) is 37.8 Å². The number of hydrogen-bond donors (Lipinski definition) is 1. The normalized spacial score (nSPS) is 10.8. The minimum absolute atomic E-state index is 0.0544. The summed E-state index contributed by atoms with van der Waals surface area (Å²) in [5, 5.41) is 4.95. The molecule has 0 aliphatic rings. The fraction of sp³-hybridized carbons (Fsp3) is 0.174. The molecule has 0 radical (unpaired) electrons. The summed E-state index contributed by atoms with van der Waals surface area (Å²) in [7, 11) is 3.15. The molecule has 4 rings (SSSR count). The molecule has 4 aromatic rings. The number of fused-ring (bicyclic) bond motifs is 1. The molecule has 2 aromatic carbocycles. The largest absolute Gasteiger partial charge is 0.497 e. The van der Waals surface area contributed by atoms with E-state index >= 15 is 0 Å². The number of carbonyl (C=O) groups is 2. The van der Waals surface area contributed by atoms with Gasteiger partial charge in [-0.15, -0.1) is 11.3 Å². The van der Waals surface area contributed by atoms with E-state index in [1.54, 1.807) is 56.0 Å². The second-order valence-electron chi connectivity index (χ2n) is 7.17. The molecule has 2 amide bonds. The van der Waals surface area contributed by atoms with Gasteiger partial charge in [-0.05, 0) is 35.9 Å². The van der Waals surface area contributed by atoms with Crippen LogP contribution in [0.3, 0.4) is 0 Å². The smallest absolute Gasteiger partial charge is 0.254 e. The summed E-state index contributed by atoms with van der Waals surface area (Å²) < 4.78 is 8.22. The highest BCUT2D eigenvalue weighted by Crippen LogP contribution is 2.28. The Morgan fingerprint density at radius 3 is 2.75 bits per heavy atom. The number of aromatic nitrogens is 2. The van der Waals surface area contributed by atoms with Crippen molar-refractivity contribution in [2.24, 2.45) is 0 Å². The molecule has 164 valence electrons. The predicted octanol–water partition coefficient (Wildman–Crippen LogP) is 4.22. The number of nitrogens with one attached hydrogen (secondary N) is 1. The summed E-state index contributed by atoms with van der Waals surface area (Å²) in [5.74, 6) is 0.0936. The SMILES string of the molecule is COc1cccc(C(=O)N(C)CC(=O)NCc2cnc3scc(-c4ccc(Br)cc4)n23)c1. The van der Waals surface area contributed by atoms with Gasteiger partial charge in [-0.2, -0.15) is 0 Å². The Morgan fingerprint density at radius 2 is 2.00 bits per heavy atom. The van der Waals surface area contributed by atoms with Crippen LogP contribution in [-0.2, 0) is 11.3 Å². The van der Waals surface area contributed by atoms with Gasteiger partial charge in [0.2, 0.25) is 5.91 Å². The van der Waals surface area contributed by atoms with Crippen molar-refractivity contribution in [3.05, 3.63) is 75.8 Å². The van der Waals surface area contributed by atoms with Gasteiger partial charge in [0.15, 0.2) is 4.96 Å². The molecule has 32 heavy (non-hydrogen) atoms. The number of methoxy groups -OCH3 is 1. The fourth-order valence-electron chi connectivity index (χ4n) is 3.32. The van der Waals surface area contributed by atoms with Gasteiger partial charge in [-0.3, -0.25) is 14.0 Å². The Labute approximate surface area is 197 Å². The average molecular weight is 513 g/mol. The average Bonchev–Trinajstić information content (AvgIpc) is 3.40. The second kappa shape index (κ2) is 9.54. The first-order chi connectivity index (χ1) is 15.5. The van der Waals surface area contributed by atoms with E-state index in [4.69, 9.17) is 4.74 Å². The lowest BCUT2D eigenvalue weighted by atomic mass is 10.2. The van der Waals surface area contributed by atoms with Crippen molar-refractivity contribution in [3.8, 4) is 17.0 Å². The van der Waals surface area contributed by atoms with Crippen LogP contribution in [0.1, 0.15) is 16.1 Å². The number of amides is 2. The zero-order valence-electron chi connectivity index (χ0n) is 17.5. The summed E-state index contributed by atoms with van der Waals surface area (Å²) in [6.45, 7) is 0.253. The lowest BCUT2D eigenvalue weighted by Gasteiger charge is -2.17. The zero-order valence-corrected chi connectivity index (χ0v) is 19.9. The number of benzene rings is 2. The number of likely N-dealkylation sites (N-methyl/N-ethyl adjacent to an activating group) is 1. The number of thiazole rings is 1. The van der Waals surface area contributed by atoms with Crippen molar-refractivity contribution in [3.63, 3.8) is 0 Å². The lowest BCUT2D eigenvalue weighted by Crippen LogP contribution is -2.38. The summed E-state index contributed by atoms with van der Waals surface area (Å²) in [4.78, 5) is 31.8. The minimum atomic E-state index is -0.251. The van der Waals surface area contributed by atoms with E-state index in [9.17, 15) is 9.59 Å². The molecule has 7 nitrogen and oxygen atoms in total. The number of hydrogen-bond acceptors (Lipinski definition) is 5. The zero-order chi connectivity index (χ0) is 22.7. The molecule has 2 aromatic heterocycles. The Balaban J connectivity index is 1.42. The first-order valence-corrected chi connectivity index (χ1v) is 11.5. The number of nitrogens with zero attached hydrogens (tertiary/aromatic N) is 3. The van der Waals surface area contributed by atoms with Crippen LogP contribution in [0, 0.1) is 0 Å². The molecule has 0 fully saturated rings. The monoisotopic (exact) mass is 512 g/mol. The highest BCUT2D eigenvalue weighted by atomic mass is 79.9. The Kier molecular flexibility index (Phi) is 6.57. The van der Waals surface area contributed by atoms with Crippen LogP contribution < -0.4 is 10.1 Å². The van der Waals surface area contributed by atoms with Crippen LogP contribution in [-0.4, -0.2) is 46.8 Å². The van der Waals surface area contributed by atoms with Crippen LogP contribution in [0.5, 0.6) is 5.75 Å². The van der Waals surface area contributed by atoms with Crippen LogP contribution in [0.25, 0.3) is 16.2 Å². The molecule has 0 spiro atoms. The van der Waals surface area contributed by atoms with Gasteiger partial charge in [0.25, 0.3) is 5.91 Å². The second-order valence-corrected chi connectivity index (χ2v) is 8.92. The number of ether oxygens (including phenoxy) is 1. The van der Waals surface area contributed by atoms with Crippen molar-refractivity contribution in [2.45, 2.75) is 6.54 Å². The van der Waals surface area contributed by atoms with Crippen molar-refractivity contribution in [1.29, 1.82) is 0 Å². The standard InChI is InChI=1S/C23H21BrN4O3S/c1-27(22(30)16-4-3-5-19(10-16)31-2)13-21(29)25-11-18-12-26-23-28(18)20(14-32-23)15-6-8-17(24)9-7-15/h3-10,12,14H,11,13H2,1-2H3,(H,25,29). The van der Waals surface area contributed by atoms with E-state index in [0.29, 0.717) is 17.9 Å². The van der Waals surface area contributed by atoms with Crippen LogP contribution >= 0.6 is 27.3 Å². The summed E-state index contributed by atoms with van der Waals surface area (Å²) in [6.07, 6.45) is 1.76. The fourth-order valence-corrected chi connectivity index (χ4v) is 4.48. The van der Waals surface area contributed by atoms with Gasteiger partial charge in [-0.1, -0.05) is 34.1 Å². The van der Waals surface area contributed by atoms with Gasteiger partial charge in [0, 0.05) is 22.5 Å². The Morgan fingerprint density at radius 1 is 1.22 bits per heavy atom. The Hall–Kier alpha value is -3.17. The van der Waals surface area contributed by atoms with E-state index in [-0.39, 0.29) is 18.4 Å². The third kappa shape index (κ3) is 4.68. The molecular formula is C23H21BrN4O3S. The van der Waals surface area contributed by atoms with Crippen molar-refractivity contribution < 1.29 is 14.3 Å². The Bertz CT molecular complexity index is 1270. The van der Waals surface area contributed by atoms with Crippen LogP contribution in [0.2, 0.25) is 0 Å². The summed E-state index contributed by atoms with van der Waals surface area (Å²) >= 11 is 5.01. The molecule has 0 bridgehead atoms. The summed E-state index contributed by atoms with van der Waals surface area (Å²) in [6, 6.07) is 14.9. The van der Waals surface area contributed by atoms with Gasteiger partial charge in [0.1, 0.15) is 5.75 Å². The maximum absolute atomic E-state index is 12.6. The number of rotatable bonds is 7. The molecule has 1 N–H and O–H groups in total. The van der Waals surface area contributed by atoms with Gasteiger partial charge < -0.3 is 15.0 Å². The highest BCUT2D eigenvalue weighted by molar-refractivity contribution is 9.10. The first-order valence-electron chi connectivity index (χ1n) is 9.82. The van der Waals surface area contributed by atoms with E-state index in [1.807, 2.05) is 28.7 Å². The molecular weight excluding hydrogens is 492 g/mol. The van der Waals surface area contributed by atoms with Crippen molar-refractivity contribution >= 4 is 44.0 Å². The molecule has 0 saturated heterocycles. The molecule has 2 heterocycles. The number of halogens is 1. The maximum Gasteiger partial charge on any atom is 0.254 e. The quantitative estimate of drug-likeness (QED) is 0.402. The van der Waals surface area contributed by atoms with E-state index < -0.39 is 0 Å². The number of carbonyl (C=O) groups excluding carboxylic acids is 2. The van der Waals surface area contributed by atoms with Crippen molar-refractivity contribution in [1.82, 2.24) is 19.6 Å². The van der Waals surface area contributed by atoms with Gasteiger partial charge >= 0.3 is 0 Å². The predicted molar refractivity (Wildman–Crippen MR) is 128 cm³/mol. The minimum Gasteiger partial charge on any atom is -0.497 e. The lowest BCUT2D eigenvalue weighted by molar-refractivity contribution is -0.121. The molecule has 9 heteroatoms. The van der Waals surface area contributed by atoms with E-state index in [1.165, 1.54) is 4.90 Å². The third-order valence-electron chi connectivity index (χ3n) is 4.97. The highest BCUT2D eigenvalue weighted by Gasteiger charge is 2.17. The van der Waals surface area contributed by atoms with E-state index in [2.05, 4.69) is 31.6 Å². The molecule has 0 saturated carbocycles. The topological polar surface area (TPSA) is 75.9 Å². The van der Waals surface area contributed by atoms with Crippen molar-refractivity contribution in [2.75, 3.05) is 20.7 Å². The third-order valence-corrected chi connectivity index (χ3v) is 6.34. The molecule has 0 atom stereocenters. The molecule has 0 aliphatic heterocycles. The van der Waals surface area contributed by atoms with E-state index in [0.717, 1.165) is 26.4 Å². The van der Waals surface area contributed by atoms with Crippen LogP contribution in [0.4, 0.5) is 0 Å². The summed E-state index contributed by atoms with van der Waals surface area (Å²) in [5.41, 5.74) is 3.42. The maximum atomic E-state index is 12.6. The number of imidazole rings is 1. The van der Waals surface area contributed by atoms with Crippen LogP contribution in [0.15, 0.2) is 64.6 Å². The molecule has 0 unspecified atom stereocenters.